The number of aryl methyl sites for hydroxylation is 1. The Hall–Kier alpha value is -2.18. The predicted molar refractivity (Wildman–Crippen MR) is 81.6 cm³/mol. The molecule has 1 N–H and O–H groups in total. The first-order chi connectivity index (χ1) is 10.4. The molecule has 1 aromatic rings. The Bertz CT molecular complexity index is 574. The molecule has 0 bridgehead atoms. The fourth-order valence-electron chi connectivity index (χ4n) is 2.50. The van der Waals surface area contributed by atoms with Crippen molar-refractivity contribution in [3.63, 3.8) is 0 Å². The molecule has 22 heavy (non-hydrogen) atoms. The van der Waals surface area contributed by atoms with Gasteiger partial charge in [-0.2, -0.15) is 0 Å². The van der Waals surface area contributed by atoms with E-state index in [0.29, 0.717) is 24.6 Å². The second kappa shape index (κ2) is 6.72. The fraction of sp³-hybridized carbons (Fsp3) is 0.600. The van der Waals surface area contributed by atoms with E-state index < -0.39 is 12.1 Å². The van der Waals surface area contributed by atoms with E-state index in [9.17, 15) is 9.59 Å². The highest BCUT2D eigenvalue weighted by molar-refractivity contribution is 5.96. The first-order valence-electron chi connectivity index (χ1n) is 7.43. The van der Waals surface area contributed by atoms with E-state index in [1.54, 1.807) is 6.07 Å². The van der Waals surface area contributed by atoms with E-state index in [2.05, 4.69) is 15.3 Å². The highest BCUT2D eigenvalue weighted by Crippen LogP contribution is 2.20. The Kier molecular flexibility index (Phi) is 4.95. The van der Waals surface area contributed by atoms with Crippen molar-refractivity contribution in [1.82, 2.24) is 14.9 Å². The normalized spacial score (nSPS) is 17.7. The van der Waals surface area contributed by atoms with E-state index in [0.717, 1.165) is 12.1 Å². The molecule has 2 rings (SSSR count). The SMILES string of the molecule is COC(=O)N1CCC[C@@H]1C(=O)Nc1cc(C)nc(C(C)C)n1. The van der Waals surface area contributed by atoms with Crippen molar-refractivity contribution in [2.75, 3.05) is 19.0 Å². The molecule has 1 atom stereocenters. The average molecular weight is 306 g/mol. The summed E-state index contributed by atoms with van der Waals surface area (Å²) in [5, 5.41) is 2.79. The monoisotopic (exact) mass is 306 g/mol. The molecule has 0 unspecified atom stereocenters. The van der Waals surface area contributed by atoms with Gasteiger partial charge in [-0.25, -0.2) is 14.8 Å². The number of anilines is 1. The summed E-state index contributed by atoms with van der Waals surface area (Å²) in [6.45, 7) is 6.39. The minimum Gasteiger partial charge on any atom is -0.453 e. The molecule has 1 aliphatic heterocycles. The number of carbonyl (C=O) groups is 2. The minimum absolute atomic E-state index is 0.175. The van der Waals surface area contributed by atoms with Crippen LogP contribution < -0.4 is 5.32 Å². The predicted octanol–water partition coefficient (Wildman–Crippen LogP) is 2.08. The van der Waals surface area contributed by atoms with Crippen molar-refractivity contribution in [3.05, 3.63) is 17.6 Å². The second-order valence-electron chi connectivity index (χ2n) is 5.72. The Morgan fingerprint density at radius 1 is 1.41 bits per heavy atom. The lowest BCUT2D eigenvalue weighted by Gasteiger charge is -2.22. The number of likely N-dealkylation sites (tertiary alicyclic amines) is 1. The number of amides is 2. The van der Waals surface area contributed by atoms with Gasteiger partial charge in [0, 0.05) is 24.2 Å². The van der Waals surface area contributed by atoms with Crippen LogP contribution in [0.5, 0.6) is 0 Å². The zero-order chi connectivity index (χ0) is 16.3. The van der Waals surface area contributed by atoms with Gasteiger partial charge in [-0.3, -0.25) is 9.69 Å². The van der Waals surface area contributed by atoms with Crippen molar-refractivity contribution in [2.45, 2.75) is 45.6 Å². The second-order valence-corrected chi connectivity index (χ2v) is 5.72. The summed E-state index contributed by atoms with van der Waals surface area (Å²) in [6, 6.07) is 1.21. The number of rotatable bonds is 3. The van der Waals surface area contributed by atoms with Crippen LogP contribution >= 0.6 is 0 Å². The molecule has 2 amide bonds. The molecule has 0 spiro atoms. The molecule has 2 heterocycles. The van der Waals surface area contributed by atoms with E-state index in [-0.39, 0.29) is 11.8 Å². The van der Waals surface area contributed by atoms with Crippen LogP contribution in [0.15, 0.2) is 6.07 Å². The number of aromatic nitrogens is 2. The number of hydrogen-bond donors (Lipinski definition) is 1. The van der Waals surface area contributed by atoms with Crippen molar-refractivity contribution in [2.24, 2.45) is 0 Å². The van der Waals surface area contributed by atoms with Crippen LogP contribution in [0.4, 0.5) is 10.6 Å². The molecule has 1 saturated heterocycles. The molecular formula is C15H22N4O3. The van der Waals surface area contributed by atoms with Gasteiger partial charge in [0.1, 0.15) is 17.7 Å². The maximum absolute atomic E-state index is 12.4. The first kappa shape index (κ1) is 16.2. The third-order valence-corrected chi connectivity index (χ3v) is 3.60. The maximum atomic E-state index is 12.4. The van der Waals surface area contributed by atoms with Crippen LogP contribution in [0.2, 0.25) is 0 Å². The Morgan fingerprint density at radius 2 is 2.14 bits per heavy atom. The standard InChI is InChI=1S/C15H22N4O3/c1-9(2)13-16-10(3)8-12(17-13)18-14(20)11-6-5-7-19(11)15(21)22-4/h8-9,11H,5-7H2,1-4H3,(H,16,17,18,20)/t11-/m1/s1. The summed E-state index contributed by atoms with van der Waals surface area (Å²) in [5.41, 5.74) is 0.797. The van der Waals surface area contributed by atoms with Gasteiger partial charge in [-0.1, -0.05) is 13.8 Å². The highest BCUT2D eigenvalue weighted by atomic mass is 16.5. The summed E-state index contributed by atoms with van der Waals surface area (Å²) < 4.78 is 4.72. The number of ether oxygens (including phenoxy) is 1. The summed E-state index contributed by atoms with van der Waals surface area (Å²) in [6.07, 6.45) is 0.939. The summed E-state index contributed by atoms with van der Waals surface area (Å²) in [5.74, 6) is 1.09. The Morgan fingerprint density at radius 3 is 2.77 bits per heavy atom. The van der Waals surface area contributed by atoms with Crippen molar-refractivity contribution >= 4 is 17.8 Å². The third-order valence-electron chi connectivity index (χ3n) is 3.60. The minimum atomic E-state index is -0.509. The quantitative estimate of drug-likeness (QED) is 0.924. The number of carbonyl (C=O) groups excluding carboxylic acids is 2. The molecule has 0 saturated carbocycles. The molecule has 1 fully saturated rings. The van der Waals surface area contributed by atoms with Crippen LogP contribution in [0.25, 0.3) is 0 Å². The number of nitrogens with one attached hydrogen (secondary N) is 1. The number of methoxy groups -OCH3 is 1. The zero-order valence-corrected chi connectivity index (χ0v) is 13.4. The molecule has 120 valence electrons. The lowest BCUT2D eigenvalue weighted by Crippen LogP contribution is -2.43. The van der Waals surface area contributed by atoms with Crippen LogP contribution in [0, 0.1) is 6.92 Å². The maximum Gasteiger partial charge on any atom is 0.410 e. The Balaban J connectivity index is 2.13. The molecule has 7 nitrogen and oxygen atoms in total. The first-order valence-corrected chi connectivity index (χ1v) is 7.43. The fourth-order valence-corrected chi connectivity index (χ4v) is 2.50. The number of nitrogens with zero attached hydrogens (tertiary/aromatic N) is 3. The highest BCUT2D eigenvalue weighted by Gasteiger charge is 2.34. The van der Waals surface area contributed by atoms with Crippen molar-refractivity contribution in [3.8, 4) is 0 Å². The van der Waals surface area contributed by atoms with Gasteiger partial charge in [-0.05, 0) is 19.8 Å². The van der Waals surface area contributed by atoms with E-state index in [4.69, 9.17) is 4.74 Å². The van der Waals surface area contributed by atoms with Gasteiger partial charge < -0.3 is 10.1 Å². The molecular weight excluding hydrogens is 284 g/mol. The van der Waals surface area contributed by atoms with Gasteiger partial charge in [-0.15, -0.1) is 0 Å². The van der Waals surface area contributed by atoms with Crippen LogP contribution in [-0.4, -0.2) is 46.6 Å². The molecule has 0 aromatic carbocycles. The summed E-state index contributed by atoms with van der Waals surface area (Å²) >= 11 is 0. The van der Waals surface area contributed by atoms with Gasteiger partial charge in [0.2, 0.25) is 5.91 Å². The molecule has 0 aliphatic carbocycles. The van der Waals surface area contributed by atoms with E-state index in [1.165, 1.54) is 12.0 Å². The molecule has 7 heteroatoms. The third kappa shape index (κ3) is 3.52. The topological polar surface area (TPSA) is 84.4 Å². The largest absolute Gasteiger partial charge is 0.453 e. The lowest BCUT2D eigenvalue weighted by atomic mass is 10.2. The van der Waals surface area contributed by atoms with Crippen molar-refractivity contribution < 1.29 is 14.3 Å². The Labute approximate surface area is 130 Å². The van der Waals surface area contributed by atoms with Gasteiger partial charge in [0.15, 0.2) is 0 Å². The van der Waals surface area contributed by atoms with E-state index in [1.807, 2.05) is 20.8 Å². The van der Waals surface area contributed by atoms with Crippen LogP contribution in [0.3, 0.4) is 0 Å². The molecule has 0 radical (unpaired) electrons. The average Bonchev–Trinajstić information content (AvgIpc) is 2.95. The molecule has 1 aromatic heterocycles. The molecule has 1 aliphatic rings. The lowest BCUT2D eigenvalue weighted by molar-refractivity contribution is -0.120. The van der Waals surface area contributed by atoms with E-state index >= 15 is 0 Å². The zero-order valence-electron chi connectivity index (χ0n) is 13.4. The van der Waals surface area contributed by atoms with Crippen LogP contribution in [0.1, 0.15) is 44.1 Å². The summed E-state index contributed by atoms with van der Waals surface area (Å²) in [4.78, 5) is 34.2. The van der Waals surface area contributed by atoms with Gasteiger partial charge in [0.25, 0.3) is 0 Å². The smallest absolute Gasteiger partial charge is 0.410 e. The van der Waals surface area contributed by atoms with Gasteiger partial charge >= 0.3 is 6.09 Å². The van der Waals surface area contributed by atoms with Gasteiger partial charge in [0.05, 0.1) is 7.11 Å². The summed E-state index contributed by atoms with van der Waals surface area (Å²) in [7, 11) is 1.32. The van der Waals surface area contributed by atoms with Crippen molar-refractivity contribution in [1.29, 1.82) is 0 Å². The number of hydrogen-bond acceptors (Lipinski definition) is 5. The van der Waals surface area contributed by atoms with Crippen LogP contribution in [-0.2, 0) is 9.53 Å².